The fourth-order valence-corrected chi connectivity index (χ4v) is 5.77. The first kappa shape index (κ1) is 20.8. The van der Waals surface area contributed by atoms with E-state index in [0.29, 0.717) is 41.2 Å². The van der Waals surface area contributed by atoms with E-state index in [2.05, 4.69) is 17.2 Å². The molecule has 1 atom stereocenters. The van der Waals surface area contributed by atoms with Gasteiger partial charge in [0.05, 0.1) is 4.90 Å². The first-order valence-corrected chi connectivity index (χ1v) is 12.1. The van der Waals surface area contributed by atoms with E-state index in [1.165, 1.54) is 39.9 Å². The molecule has 158 valence electrons. The van der Waals surface area contributed by atoms with E-state index in [-0.39, 0.29) is 10.8 Å². The molecule has 0 saturated carbocycles. The van der Waals surface area contributed by atoms with Crippen molar-refractivity contribution in [3.05, 3.63) is 53.1 Å². The van der Waals surface area contributed by atoms with Crippen molar-refractivity contribution >= 4 is 32.4 Å². The molecule has 0 radical (unpaired) electrons. The Hall–Kier alpha value is -2.49. The van der Waals surface area contributed by atoms with E-state index in [4.69, 9.17) is 4.42 Å². The van der Waals surface area contributed by atoms with E-state index in [0.717, 1.165) is 18.6 Å². The number of anilines is 1. The maximum absolute atomic E-state index is 12.9. The van der Waals surface area contributed by atoms with Crippen molar-refractivity contribution < 1.29 is 17.6 Å². The number of nitrogens with zero attached hydrogens (tertiary/aromatic N) is 2. The van der Waals surface area contributed by atoms with Gasteiger partial charge in [-0.3, -0.25) is 10.1 Å². The number of hydrogen-bond donors (Lipinski definition) is 1. The van der Waals surface area contributed by atoms with Crippen LogP contribution in [0.5, 0.6) is 0 Å². The second kappa shape index (κ2) is 8.33. The first-order valence-electron chi connectivity index (χ1n) is 9.77. The lowest BCUT2D eigenvalue weighted by atomic mass is 10.0. The molecule has 1 unspecified atom stereocenters. The summed E-state index contributed by atoms with van der Waals surface area (Å²) in [5.41, 5.74) is 1.02. The number of nitrogens with one attached hydrogen (secondary N) is 1. The van der Waals surface area contributed by atoms with Gasteiger partial charge in [0.2, 0.25) is 10.0 Å². The number of rotatable bonds is 5. The molecule has 30 heavy (non-hydrogen) atoms. The van der Waals surface area contributed by atoms with Gasteiger partial charge in [-0.05, 0) is 62.1 Å². The number of furan rings is 1. The van der Waals surface area contributed by atoms with Crippen molar-refractivity contribution in [1.29, 1.82) is 0 Å². The number of carbonyl (C=O) groups is 1. The van der Waals surface area contributed by atoms with Crippen LogP contribution in [0.3, 0.4) is 0 Å². The molecule has 1 amide bonds. The van der Waals surface area contributed by atoms with Crippen molar-refractivity contribution in [1.82, 2.24) is 9.29 Å². The lowest BCUT2D eigenvalue weighted by molar-refractivity contribution is 0.102. The lowest BCUT2D eigenvalue weighted by Gasteiger charge is -2.30. The zero-order valence-corrected chi connectivity index (χ0v) is 18.4. The summed E-state index contributed by atoms with van der Waals surface area (Å²) in [5.74, 6) is 1.44. The van der Waals surface area contributed by atoms with Crippen LogP contribution in [0.4, 0.5) is 5.13 Å². The summed E-state index contributed by atoms with van der Waals surface area (Å²) in [6.07, 6.45) is 1.91. The van der Waals surface area contributed by atoms with Crippen LogP contribution in [0.15, 0.2) is 51.1 Å². The van der Waals surface area contributed by atoms with Crippen molar-refractivity contribution in [2.45, 2.75) is 31.6 Å². The molecule has 0 aliphatic carbocycles. The minimum absolute atomic E-state index is 0.206. The molecular formula is C21H23N3O4S2. The molecular weight excluding hydrogens is 422 g/mol. The van der Waals surface area contributed by atoms with Crippen LogP contribution in [0.2, 0.25) is 0 Å². The van der Waals surface area contributed by atoms with E-state index < -0.39 is 10.0 Å². The molecule has 1 N–H and O–H groups in total. The molecule has 0 spiro atoms. The second-order valence-corrected chi connectivity index (χ2v) is 10.3. The second-order valence-electron chi connectivity index (χ2n) is 7.54. The highest BCUT2D eigenvalue weighted by Crippen LogP contribution is 2.27. The summed E-state index contributed by atoms with van der Waals surface area (Å²) in [7, 11) is -3.54. The lowest BCUT2D eigenvalue weighted by Crippen LogP contribution is -2.39. The van der Waals surface area contributed by atoms with Gasteiger partial charge in [-0.2, -0.15) is 4.31 Å². The summed E-state index contributed by atoms with van der Waals surface area (Å²) in [4.78, 5) is 17.1. The van der Waals surface area contributed by atoms with Crippen LogP contribution in [0.1, 0.15) is 35.9 Å². The molecule has 2 aromatic heterocycles. The third-order valence-electron chi connectivity index (χ3n) is 5.09. The summed E-state index contributed by atoms with van der Waals surface area (Å²) in [6, 6.07) is 9.72. The number of amides is 1. The number of hydrogen-bond acceptors (Lipinski definition) is 6. The molecule has 1 fully saturated rings. The molecule has 4 rings (SSSR count). The topological polar surface area (TPSA) is 92.5 Å². The van der Waals surface area contributed by atoms with Crippen LogP contribution in [-0.4, -0.2) is 36.7 Å². The first-order chi connectivity index (χ1) is 14.3. The molecule has 1 saturated heterocycles. The maximum Gasteiger partial charge on any atom is 0.257 e. The van der Waals surface area contributed by atoms with Gasteiger partial charge in [-0.25, -0.2) is 13.4 Å². The highest BCUT2D eigenvalue weighted by atomic mass is 32.2. The van der Waals surface area contributed by atoms with E-state index >= 15 is 0 Å². The summed E-state index contributed by atoms with van der Waals surface area (Å²) < 4.78 is 32.8. The van der Waals surface area contributed by atoms with Gasteiger partial charge >= 0.3 is 0 Å². The molecule has 3 aromatic rings. The quantitative estimate of drug-likeness (QED) is 0.629. The number of aromatic nitrogens is 1. The van der Waals surface area contributed by atoms with Gasteiger partial charge in [0.15, 0.2) is 10.9 Å². The standard InChI is InChI=1S/C21H23N3O4S2/c1-14-4-3-11-24(12-14)30(26,27)17-8-6-16(7-9-17)20(25)23-21-22-18(13-29-21)19-10-5-15(2)28-19/h5-10,13-14H,3-4,11-12H2,1-2H3,(H,22,23,25). The summed E-state index contributed by atoms with van der Waals surface area (Å²) >= 11 is 1.30. The predicted octanol–water partition coefficient (Wildman–Crippen LogP) is 4.38. The van der Waals surface area contributed by atoms with Gasteiger partial charge in [-0.15, -0.1) is 11.3 Å². The number of sulfonamides is 1. The Kier molecular flexibility index (Phi) is 5.77. The highest BCUT2D eigenvalue weighted by molar-refractivity contribution is 7.89. The summed E-state index contributed by atoms with van der Waals surface area (Å²) in [5, 5.41) is 5.01. The average molecular weight is 446 g/mol. The Labute approximate surface area is 179 Å². The van der Waals surface area contributed by atoms with Gasteiger partial charge in [-0.1, -0.05) is 6.92 Å². The number of benzene rings is 1. The minimum atomic E-state index is -3.54. The van der Waals surface area contributed by atoms with Crippen molar-refractivity contribution in [3.8, 4) is 11.5 Å². The van der Waals surface area contributed by atoms with Gasteiger partial charge in [0.25, 0.3) is 5.91 Å². The SMILES string of the molecule is Cc1ccc(-c2csc(NC(=O)c3ccc(S(=O)(=O)N4CCCC(C)C4)cc3)n2)o1. The number of thiazole rings is 1. The fourth-order valence-electron chi connectivity index (χ4n) is 3.48. The van der Waals surface area contributed by atoms with Gasteiger partial charge < -0.3 is 4.42 Å². The van der Waals surface area contributed by atoms with Crippen molar-refractivity contribution in [2.24, 2.45) is 5.92 Å². The Morgan fingerprint density at radius 2 is 2.00 bits per heavy atom. The van der Waals surface area contributed by atoms with Crippen molar-refractivity contribution in [3.63, 3.8) is 0 Å². The zero-order chi connectivity index (χ0) is 21.3. The Balaban J connectivity index is 1.45. The molecule has 0 bridgehead atoms. The van der Waals surface area contributed by atoms with Gasteiger partial charge in [0.1, 0.15) is 11.5 Å². The van der Waals surface area contributed by atoms with E-state index in [9.17, 15) is 13.2 Å². The number of piperidine rings is 1. The van der Waals surface area contributed by atoms with E-state index in [1.807, 2.05) is 24.4 Å². The monoisotopic (exact) mass is 445 g/mol. The zero-order valence-electron chi connectivity index (χ0n) is 16.8. The average Bonchev–Trinajstić information content (AvgIpc) is 3.37. The molecule has 1 aliphatic rings. The van der Waals surface area contributed by atoms with Crippen LogP contribution >= 0.6 is 11.3 Å². The Morgan fingerprint density at radius 1 is 1.23 bits per heavy atom. The normalized spacial score (nSPS) is 17.7. The number of aryl methyl sites for hydroxylation is 1. The third-order valence-corrected chi connectivity index (χ3v) is 7.73. The van der Waals surface area contributed by atoms with Crippen LogP contribution < -0.4 is 5.32 Å². The Bertz CT molecular complexity index is 1150. The molecule has 1 aliphatic heterocycles. The van der Waals surface area contributed by atoms with Crippen LogP contribution in [0, 0.1) is 12.8 Å². The smallest absolute Gasteiger partial charge is 0.257 e. The molecule has 3 heterocycles. The third kappa shape index (κ3) is 4.33. The maximum atomic E-state index is 12.9. The minimum Gasteiger partial charge on any atom is -0.460 e. The highest BCUT2D eigenvalue weighted by Gasteiger charge is 2.28. The largest absolute Gasteiger partial charge is 0.460 e. The number of carbonyl (C=O) groups excluding carboxylic acids is 1. The summed E-state index contributed by atoms with van der Waals surface area (Å²) in [6.45, 7) is 4.99. The van der Waals surface area contributed by atoms with Crippen LogP contribution in [-0.2, 0) is 10.0 Å². The van der Waals surface area contributed by atoms with Crippen molar-refractivity contribution in [2.75, 3.05) is 18.4 Å². The Morgan fingerprint density at radius 3 is 2.67 bits per heavy atom. The predicted molar refractivity (Wildman–Crippen MR) is 116 cm³/mol. The molecule has 9 heteroatoms. The fraction of sp³-hybridized carbons (Fsp3) is 0.333. The van der Waals surface area contributed by atoms with Crippen LogP contribution in [0.25, 0.3) is 11.5 Å². The van der Waals surface area contributed by atoms with E-state index in [1.54, 1.807) is 0 Å². The van der Waals surface area contributed by atoms with Gasteiger partial charge in [0, 0.05) is 24.0 Å². The molecule has 7 nitrogen and oxygen atoms in total. The molecule has 1 aromatic carbocycles.